The van der Waals surface area contributed by atoms with Crippen molar-refractivity contribution in [2.45, 2.75) is 0 Å². The Bertz CT molecular complexity index is 1130. The molecule has 6 heteroatoms. The van der Waals surface area contributed by atoms with Gasteiger partial charge in [0, 0.05) is 16.8 Å². The second kappa shape index (κ2) is 7.75. The molecule has 0 radical (unpaired) electrons. The maximum Gasteiger partial charge on any atom is 0.337 e. The lowest BCUT2D eigenvalue weighted by Crippen LogP contribution is -2.04. The Balaban J connectivity index is 1.71. The summed E-state index contributed by atoms with van der Waals surface area (Å²) in [6, 6.07) is 24.7. The van der Waals surface area contributed by atoms with Gasteiger partial charge in [0.2, 0.25) is 5.95 Å². The smallest absolute Gasteiger partial charge is 0.337 e. The fraction of sp³-hybridized carbons (Fsp3) is 0.0455. The minimum atomic E-state index is -0.394. The lowest BCUT2D eigenvalue weighted by molar-refractivity contribution is 0.0601. The molecule has 0 saturated carbocycles. The van der Waals surface area contributed by atoms with Crippen LogP contribution in [0.3, 0.4) is 0 Å². The second-order valence-corrected chi connectivity index (χ2v) is 6.10. The molecule has 138 valence electrons. The van der Waals surface area contributed by atoms with Crippen LogP contribution < -0.4 is 10.6 Å². The number of methoxy groups -OCH3 is 1. The Morgan fingerprint density at radius 2 is 1.57 bits per heavy atom. The lowest BCUT2D eigenvalue weighted by Gasteiger charge is -2.12. The summed E-state index contributed by atoms with van der Waals surface area (Å²) in [6.07, 6.45) is 0. The first-order chi connectivity index (χ1) is 13.7. The number of esters is 1. The van der Waals surface area contributed by atoms with Crippen molar-refractivity contribution < 1.29 is 9.53 Å². The highest BCUT2D eigenvalue weighted by Gasteiger charge is 2.10. The van der Waals surface area contributed by atoms with Gasteiger partial charge in [-0.15, -0.1) is 0 Å². The Morgan fingerprint density at radius 1 is 0.821 bits per heavy atom. The van der Waals surface area contributed by atoms with Gasteiger partial charge in [-0.25, -0.2) is 9.78 Å². The van der Waals surface area contributed by atoms with Crippen LogP contribution >= 0.6 is 0 Å². The molecule has 1 aromatic heterocycles. The number of para-hydroxylation sites is 2. The van der Waals surface area contributed by atoms with Gasteiger partial charge in [0.05, 0.1) is 18.2 Å². The highest BCUT2D eigenvalue weighted by Crippen LogP contribution is 2.26. The van der Waals surface area contributed by atoms with Crippen molar-refractivity contribution in [1.29, 1.82) is 0 Å². The van der Waals surface area contributed by atoms with Crippen LogP contribution in [0.2, 0.25) is 0 Å². The summed E-state index contributed by atoms with van der Waals surface area (Å²) in [4.78, 5) is 21.0. The van der Waals surface area contributed by atoms with Crippen LogP contribution in [-0.4, -0.2) is 23.0 Å². The van der Waals surface area contributed by atoms with E-state index in [2.05, 4.69) is 20.6 Å². The van der Waals surface area contributed by atoms with Crippen molar-refractivity contribution in [1.82, 2.24) is 9.97 Å². The highest BCUT2D eigenvalue weighted by molar-refractivity contribution is 5.92. The number of carbonyl (C=O) groups excluding carboxylic acids is 1. The van der Waals surface area contributed by atoms with E-state index >= 15 is 0 Å². The summed E-state index contributed by atoms with van der Waals surface area (Å²) in [7, 11) is 1.36. The SMILES string of the molecule is COC(=O)c1cccc(Nc2nc(Nc3ccccc3)c3ccccc3n2)c1. The van der Waals surface area contributed by atoms with Gasteiger partial charge in [0.15, 0.2) is 0 Å². The maximum absolute atomic E-state index is 11.8. The largest absolute Gasteiger partial charge is 0.465 e. The normalized spacial score (nSPS) is 10.5. The molecule has 0 unspecified atom stereocenters. The topological polar surface area (TPSA) is 76.1 Å². The summed E-state index contributed by atoms with van der Waals surface area (Å²) >= 11 is 0. The fourth-order valence-corrected chi connectivity index (χ4v) is 2.86. The Morgan fingerprint density at radius 3 is 2.39 bits per heavy atom. The van der Waals surface area contributed by atoms with E-state index in [-0.39, 0.29) is 0 Å². The molecule has 6 nitrogen and oxygen atoms in total. The molecule has 0 amide bonds. The summed E-state index contributed by atoms with van der Waals surface area (Å²) in [5.41, 5.74) is 2.90. The van der Waals surface area contributed by atoms with Gasteiger partial charge >= 0.3 is 5.97 Å². The minimum absolute atomic E-state index is 0.394. The van der Waals surface area contributed by atoms with Gasteiger partial charge in [-0.05, 0) is 42.5 Å². The predicted molar refractivity (Wildman–Crippen MR) is 110 cm³/mol. The molecule has 0 atom stereocenters. The molecule has 0 bridgehead atoms. The summed E-state index contributed by atoms with van der Waals surface area (Å²) < 4.78 is 4.78. The van der Waals surface area contributed by atoms with Crippen LogP contribution in [0.25, 0.3) is 10.9 Å². The fourth-order valence-electron chi connectivity index (χ4n) is 2.86. The van der Waals surface area contributed by atoms with Crippen molar-refractivity contribution in [3.05, 3.63) is 84.4 Å². The van der Waals surface area contributed by atoms with Crippen molar-refractivity contribution in [3.63, 3.8) is 0 Å². The van der Waals surface area contributed by atoms with Crippen molar-refractivity contribution in [3.8, 4) is 0 Å². The number of hydrogen-bond donors (Lipinski definition) is 2. The van der Waals surface area contributed by atoms with Crippen LogP contribution in [0.5, 0.6) is 0 Å². The molecular weight excluding hydrogens is 352 g/mol. The number of benzene rings is 3. The third-order valence-corrected chi connectivity index (χ3v) is 4.18. The van der Waals surface area contributed by atoms with Crippen LogP contribution in [0.1, 0.15) is 10.4 Å². The number of hydrogen-bond acceptors (Lipinski definition) is 6. The van der Waals surface area contributed by atoms with Gasteiger partial charge in [-0.1, -0.05) is 36.4 Å². The number of nitrogens with zero attached hydrogens (tertiary/aromatic N) is 2. The first-order valence-corrected chi connectivity index (χ1v) is 8.77. The van der Waals surface area contributed by atoms with E-state index in [0.29, 0.717) is 23.0 Å². The molecule has 0 fully saturated rings. The monoisotopic (exact) mass is 370 g/mol. The summed E-state index contributed by atoms with van der Waals surface area (Å²) in [5.74, 6) is 0.733. The number of carbonyl (C=O) groups is 1. The van der Waals surface area contributed by atoms with Gasteiger partial charge in [-0.2, -0.15) is 4.98 Å². The molecule has 0 saturated heterocycles. The van der Waals surface area contributed by atoms with E-state index in [1.165, 1.54) is 7.11 Å². The lowest BCUT2D eigenvalue weighted by atomic mass is 10.2. The van der Waals surface area contributed by atoms with Crippen LogP contribution in [0, 0.1) is 0 Å². The van der Waals surface area contributed by atoms with Gasteiger partial charge < -0.3 is 15.4 Å². The Kier molecular flexibility index (Phi) is 4.84. The summed E-state index contributed by atoms with van der Waals surface area (Å²) in [5, 5.41) is 7.44. The molecule has 28 heavy (non-hydrogen) atoms. The molecular formula is C22H18N4O2. The molecule has 3 aromatic carbocycles. The first kappa shape index (κ1) is 17.5. The Hall–Kier alpha value is -3.93. The molecule has 4 rings (SSSR count). The average Bonchev–Trinajstić information content (AvgIpc) is 2.74. The Labute approximate surface area is 162 Å². The third-order valence-electron chi connectivity index (χ3n) is 4.18. The number of ether oxygens (including phenoxy) is 1. The number of rotatable bonds is 5. The van der Waals surface area contributed by atoms with E-state index in [9.17, 15) is 4.79 Å². The third kappa shape index (κ3) is 3.76. The van der Waals surface area contributed by atoms with E-state index in [0.717, 1.165) is 16.6 Å². The molecule has 0 aliphatic carbocycles. The predicted octanol–water partition coefficient (Wildman–Crippen LogP) is 4.90. The van der Waals surface area contributed by atoms with E-state index in [4.69, 9.17) is 4.74 Å². The van der Waals surface area contributed by atoms with E-state index < -0.39 is 5.97 Å². The number of aromatic nitrogens is 2. The zero-order valence-electron chi connectivity index (χ0n) is 15.2. The first-order valence-electron chi connectivity index (χ1n) is 8.77. The molecule has 0 spiro atoms. The molecule has 4 aromatic rings. The quantitative estimate of drug-likeness (QED) is 0.487. The number of anilines is 4. The van der Waals surface area contributed by atoms with Crippen LogP contribution in [0.4, 0.5) is 23.1 Å². The molecule has 0 aliphatic heterocycles. The van der Waals surface area contributed by atoms with Crippen LogP contribution in [0.15, 0.2) is 78.9 Å². The van der Waals surface area contributed by atoms with E-state index in [1.807, 2.05) is 60.7 Å². The van der Waals surface area contributed by atoms with E-state index in [1.54, 1.807) is 18.2 Å². The molecule has 2 N–H and O–H groups in total. The highest BCUT2D eigenvalue weighted by atomic mass is 16.5. The van der Waals surface area contributed by atoms with Gasteiger partial charge in [-0.3, -0.25) is 0 Å². The van der Waals surface area contributed by atoms with Gasteiger partial charge in [0.1, 0.15) is 5.82 Å². The zero-order valence-corrected chi connectivity index (χ0v) is 15.2. The maximum atomic E-state index is 11.8. The van der Waals surface area contributed by atoms with Crippen molar-refractivity contribution >= 4 is 40.0 Å². The van der Waals surface area contributed by atoms with Crippen LogP contribution in [-0.2, 0) is 4.74 Å². The summed E-state index contributed by atoms with van der Waals surface area (Å²) in [6.45, 7) is 0. The molecule has 1 heterocycles. The average molecular weight is 370 g/mol. The molecule has 0 aliphatic rings. The van der Waals surface area contributed by atoms with Crippen molar-refractivity contribution in [2.75, 3.05) is 17.7 Å². The standard InChI is InChI=1S/C22H18N4O2/c1-28-21(27)15-8-7-11-17(14-15)24-22-25-19-13-6-5-12-18(19)20(26-22)23-16-9-3-2-4-10-16/h2-14H,1H3,(H2,23,24,25,26). The minimum Gasteiger partial charge on any atom is -0.465 e. The number of fused-ring (bicyclic) bond motifs is 1. The van der Waals surface area contributed by atoms with Crippen molar-refractivity contribution in [2.24, 2.45) is 0 Å². The second-order valence-electron chi connectivity index (χ2n) is 6.10. The zero-order chi connectivity index (χ0) is 19.3. The number of nitrogens with one attached hydrogen (secondary N) is 2. The van der Waals surface area contributed by atoms with Gasteiger partial charge in [0.25, 0.3) is 0 Å².